The summed E-state index contributed by atoms with van der Waals surface area (Å²) in [5, 5.41) is 14.2. The number of halogens is 2. The van der Waals surface area contributed by atoms with Crippen molar-refractivity contribution in [1.82, 2.24) is 5.32 Å². The third kappa shape index (κ3) is 8.30. The smallest absolute Gasteiger partial charge is 0.335 e. The molecule has 0 aromatic heterocycles. The summed E-state index contributed by atoms with van der Waals surface area (Å²) in [7, 11) is 1.24. The number of hydrogen-bond acceptors (Lipinski definition) is 5. The Kier molecular flexibility index (Phi) is 10.8. The van der Waals surface area contributed by atoms with Crippen molar-refractivity contribution < 1.29 is 37.8 Å². The van der Waals surface area contributed by atoms with Crippen LogP contribution in [0.1, 0.15) is 42.5 Å². The Morgan fingerprint density at radius 1 is 0.932 bits per heavy atom. The molecule has 3 aromatic carbocycles. The number of hydrogen-bond donors (Lipinski definition) is 3. The molecule has 0 unspecified atom stereocenters. The lowest BCUT2D eigenvalue weighted by atomic mass is 10.0. The van der Waals surface area contributed by atoms with Crippen molar-refractivity contribution in [3.05, 3.63) is 83.9 Å². The molecule has 10 nitrogen and oxygen atoms in total. The summed E-state index contributed by atoms with van der Waals surface area (Å²) in [6.45, 7) is -0.595. The van der Waals surface area contributed by atoms with Crippen LogP contribution in [0.3, 0.4) is 0 Å². The van der Waals surface area contributed by atoms with Crippen LogP contribution in [0.5, 0.6) is 5.75 Å². The van der Waals surface area contributed by atoms with E-state index in [4.69, 9.17) is 4.74 Å². The fraction of sp³-hybridized carbons (Fsp3) is 0.312. The van der Waals surface area contributed by atoms with Crippen molar-refractivity contribution >= 4 is 40.9 Å². The minimum absolute atomic E-state index is 0.00251. The Morgan fingerprint density at radius 2 is 1.61 bits per heavy atom. The third-order valence-electron chi connectivity index (χ3n) is 7.46. The van der Waals surface area contributed by atoms with Crippen LogP contribution < -0.4 is 25.2 Å². The lowest BCUT2D eigenvalue weighted by Crippen LogP contribution is -2.42. The van der Waals surface area contributed by atoms with Gasteiger partial charge in [-0.2, -0.15) is 0 Å². The molecule has 1 aliphatic rings. The van der Waals surface area contributed by atoms with Gasteiger partial charge in [0.05, 0.1) is 17.8 Å². The maximum absolute atomic E-state index is 14.2. The van der Waals surface area contributed by atoms with E-state index in [-0.39, 0.29) is 23.5 Å². The Balaban J connectivity index is 1.46. The number of aromatic carboxylic acids is 1. The van der Waals surface area contributed by atoms with E-state index in [0.717, 1.165) is 49.1 Å². The minimum Gasteiger partial charge on any atom is -0.482 e. The van der Waals surface area contributed by atoms with Gasteiger partial charge in [-0.25, -0.2) is 18.4 Å². The molecule has 12 heteroatoms. The second kappa shape index (κ2) is 14.9. The lowest BCUT2D eigenvalue weighted by molar-refractivity contribution is -0.120. The molecule has 0 bridgehead atoms. The number of urea groups is 1. The standard InChI is InChI=1S/C32H34F2N4O6/c1-37(30-24(33)12-7-13-25(30)34)29(40)20-44-27-15-5-4-14-26(27)38(17-16-21-8-2-3-9-21)28(39)19-35-32(43)36-23-11-6-10-22(18-23)31(41)42/h4-7,10-15,18,21H,2-3,8-9,16-17,19-20H2,1H3,(H,41,42)(H2,35,36,43). The van der Waals surface area contributed by atoms with E-state index in [1.165, 1.54) is 42.3 Å². The fourth-order valence-electron chi connectivity index (χ4n) is 5.12. The van der Waals surface area contributed by atoms with Gasteiger partial charge < -0.3 is 30.3 Å². The van der Waals surface area contributed by atoms with Gasteiger partial charge in [0.25, 0.3) is 5.91 Å². The summed E-state index contributed by atoms with van der Waals surface area (Å²) in [5.41, 5.74) is 0.120. The zero-order valence-corrected chi connectivity index (χ0v) is 24.2. The molecule has 0 spiro atoms. The van der Waals surface area contributed by atoms with Gasteiger partial charge in [-0.05, 0) is 54.8 Å². The van der Waals surface area contributed by atoms with Crippen LogP contribution in [0.25, 0.3) is 0 Å². The molecule has 1 saturated carbocycles. The van der Waals surface area contributed by atoms with Crippen molar-refractivity contribution in [2.45, 2.75) is 32.1 Å². The summed E-state index contributed by atoms with van der Waals surface area (Å²) in [4.78, 5) is 52.4. The van der Waals surface area contributed by atoms with E-state index in [1.807, 2.05) is 0 Å². The summed E-state index contributed by atoms with van der Waals surface area (Å²) in [6, 6.07) is 14.9. The number of carbonyl (C=O) groups excluding carboxylic acids is 3. The number of para-hydroxylation sites is 3. The van der Waals surface area contributed by atoms with E-state index >= 15 is 0 Å². The summed E-state index contributed by atoms with van der Waals surface area (Å²) < 4.78 is 34.2. The molecule has 0 aliphatic heterocycles. The maximum Gasteiger partial charge on any atom is 0.335 e. The normalized spacial score (nSPS) is 12.8. The Hall–Kier alpha value is -5.00. The van der Waals surface area contributed by atoms with Crippen molar-refractivity contribution in [1.29, 1.82) is 0 Å². The summed E-state index contributed by atoms with van der Waals surface area (Å²) >= 11 is 0. The third-order valence-corrected chi connectivity index (χ3v) is 7.46. The molecule has 4 rings (SSSR count). The van der Waals surface area contributed by atoms with E-state index < -0.39 is 47.7 Å². The highest BCUT2D eigenvalue weighted by Gasteiger charge is 2.25. The second-order valence-electron chi connectivity index (χ2n) is 10.5. The zero-order valence-electron chi connectivity index (χ0n) is 24.2. The first kappa shape index (κ1) is 31.9. The van der Waals surface area contributed by atoms with Gasteiger partial charge in [0.2, 0.25) is 5.91 Å². The van der Waals surface area contributed by atoms with Crippen molar-refractivity contribution in [2.75, 3.05) is 41.9 Å². The van der Waals surface area contributed by atoms with Gasteiger partial charge in [0.1, 0.15) is 23.1 Å². The molecule has 1 aliphatic carbocycles. The summed E-state index contributed by atoms with van der Waals surface area (Å²) in [5.74, 6) is -3.42. The highest BCUT2D eigenvalue weighted by atomic mass is 19.1. The molecule has 0 saturated heterocycles. The number of nitrogens with zero attached hydrogens (tertiary/aromatic N) is 2. The van der Waals surface area contributed by atoms with E-state index in [1.54, 1.807) is 24.3 Å². The lowest BCUT2D eigenvalue weighted by Gasteiger charge is -2.27. The predicted octanol–water partition coefficient (Wildman–Crippen LogP) is 5.44. The van der Waals surface area contributed by atoms with E-state index in [2.05, 4.69) is 10.6 Å². The minimum atomic E-state index is -1.14. The zero-order chi connectivity index (χ0) is 31.6. The quantitative estimate of drug-likeness (QED) is 0.251. The van der Waals surface area contributed by atoms with Crippen LogP contribution in [-0.4, -0.2) is 55.7 Å². The van der Waals surface area contributed by atoms with Crippen LogP contribution in [0, 0.1) is 17.6 Å². The van der Waals surface area contributed by atoms with Crippen LogP contribution in [0.2, 0.25) is 0 Å². The molecule has 4 amide bonds. The number of benzene rings is 3. The number of ether oxygens (including phenoxy) is 1. The number of amides is 4. The van der Waals surface area contributed by atoms with Crippen LogP contribution >= 0.6 is 0 Å². The number of nitrogens with one attached hydrogen (secondary N) is 2. The molecule has 232 valence electrons. The molecular weight excluding hydrogens is 574 g/mol. The highest BCUT2D eigenvalue weighted by molar-refractivity contribution is 6.00. The molecule has 3 aromatic rings. The topological polar surface area (TPSA) is 128 Å². The molecule has 44 heavy (non-hydrogen) atoms. The molecule has 0 radical (unpaired) electrons. The number of carboxylic acid groups (broad SMARTS) is 1. The average Bonchev–Trinajstić information content (AvgIpc) is 3.53. The maximum atomic E-state index is 14.2. The van der Waals surface area contributed by atoms with Gasteiger partial charge in [0, 0.05) is 19.3 Å². The molecule has 0 atom stereocenters. The Bertz CT molecular complexity index is 1490. The van der Waals surface area contributed by atoms with Crippen LogP contribution in [0.15, 0.2) is 66.7 Å². The van der Waals surface area contributed by atoms with E-state index in [9.17, 15) is 33.1 Å². The highest BCUT2D eigenvalue weighted by Crippen LogP contribution is 2.32. The number of rotatable bonds is 12. The van der Waals surface area contributed by atoms with Crippen molar-refractivity contribution in [3.8, 4) is 5.75 Å². The fourth-order valence-corrected chi connectivity index (χ4v) is 5.12. The number of likely N-dealkylation sites (N-methyl/N-ethyl adjacent to an activating group) is 1. The SMILES string of the molecule is CN(C(=O)COc1ccccc1N(CCC1CCCC1)C(=O)CNC(=O)Nc1cccc(C(=O)O)c1)c1c(F)cccc1F. The molecular formula is C32H34F2N4O6. The van der Waals surface area contributed by atoms with Crippen LogP contribution in [-0.2, 0) is 9.59 Å². The van der Waals surface area contributed by atoms with E-state index in [0.29, 0.717) is 18.2 Å². The molecule has 1 fully saturated rings. The Morgan fingerprint density at radius 3 is 2.32 bits per heavy atom. The number of carboxylic acids is 1. The Labute approximate surface area is 253 Å². The first-order valence-electron chi connectivity index (χ1n) is 14.2. The van der Waals surface area contributed by atoms with Gasteiger partial charge in [-0.3, -0.25) is 9.59 Å². The average molecular weight is 609 g/mol. The largest absolute Gasteiger partial charge is 0.482 e. The van der Waals surface area contributed by atoms with Gasteiger partial charge in [-0.15, -0.1) is 0 Å². The monoisotopic (exact) mass is 608 g/mol. The van der Waals surface area contributed by atoms with Gasteiger partial charge in [-0.1, -0.05) is 49.9 Å². The van der Waals surface area contributed by atoms with Crippen molar-refractivity contribution in [3.63, 3.8) is 0 Å². The molecule has 0 heterocycles. The number of anilines is 3. The second-order valence-corrected chi connectivity index (χ2v) is 10.5. The first-order chi connectivity index (χ1) is 21.1. The molecule has 3 N–H and O–H groups in total. The van der Waals surface area contributed by atoms with Crippen LogP contribution in [0.4, 0.5) is 30.6 Å². The first-order valence-corrected chi connectivity index (χ1v) is 14.2. The summed E-state index contributed by atoms with van der Waals surface area (Å²) in [6.07, 6.45) is 5.10. The number of carbonyl (C=O) groups is 4. The van der Waals surface area contributed by atoms with Gasteiger partial charge >= 0.3 is 12.0 Å². The predicted molar refractivity (Wildman–Crippen MR) is 161 cm³/mol. The van der Waals surface area contributed by atoms with Gasteiger partial charge in [0.15, 0.2) is 6.61 Å². The van der Waals surface area contributed by atoms with Crippen molar-refractivity contribution in [2.24, 2.45) is 5.92 Å².